The summed E-state index contributed by atoms with van der Waals surface area (Å²) < 4.78 is 0. The van der Waals surface area contributed by atoms with Crippen molar-refractivity contribution < 1.29 is 0 Å². The second-order valence-corrected chi connectivity index (χ2v) is 5.73. The lowest BCUT2D eigenvalue weighted by Gasteiger charge is -2.14. The van der Waals surface area contributed by atoms with Crippen molar-refractivity contribution in [2.75, 3.05) is 17.2 Å². The Morgan fingerprint density at radius 3 is 2.09 bits per heavy atom. The molecule has 2 aromatic rings. The minimum Gasteiger partial charge on any atom is -0.383 e. The van der Waals surface area contributed by atoms with Gasteiger partial charge >= 0.3 is 0 Å². The summed E-state index contributed by atoms with van der Waals surface area (Å²) in [4.78, 5) is 0. The highest BCUT2D eigenvalue weighted by Gasteiger charge is 2.01. The van der Waals surface area contributed by atoms with Gasteiger partial charge in [0.2, 0.25) is 0 Å². The molecule has 118 valence electrons. The molecule has 0 aliphatic carbocycles. The maximum atomic E-state index is 3.56. The normalized spacial score (nSPS) is 10.4. The monoisotopic (exact) mass is 296 g/mol. The molecule has 2 rings (SSSR count). The van der Waals surface area contributed by atoms with Crippen LogP contribution in [0.3, 0.4) is 0 Å². The lowest BCUT2D eigenvalue weighted by molar-refractivity contribution is 0.617. The number of para-hydroxylation sites is 3. The minimum absolute atomic E-state index is 1.04. The van der Waals surface area contributed by atoms with Crippen LogP contribution in [0.25, 0.3) is 0 Å². The number of rotatable bonds is 10. The first-order chi connectivity index (χ1) is 10.9. The van der Waals surface area contributed by atoms with Crippen molar-refractivity contribution in [3.8, 4) is 0 Å². The van der Waals surface area contributed by atoms with Gasteiger partial charge in [0.05, 0.1) is 11.4 Å². The van der Waals surface area contributed by atoms with Gasteiger partial charge in [0, 0.05) is 12.2 Å². The highest BCUT2D eigenvalue weighted by molar-refractivity contribution is 5.74. The molecule has 0 unspecified atom stereocenters. The van der Waals surface area contributed by atoms with Gasteiger partial charge in [-0.25, -0.2) is 0 Å². The average Bonchev–Trinajstić information content (AvgIpc) is 2.56. The first-order valence-electron chi connectivity index (χ1n) is 8.55. The average molecular weight is 296 g/mol. The van der Waals surface area contributed by atoms with Crippen molar-refractivity contribution in [1.82, 2.24) is 0 Å². The molecule has 0 amide bonds. The number of hydrogen-bond acceptors (Lipinski definition) is 2. The molecule has 2 aromatic carbocycles. The predicted molar refractivity (Wildman–Crippen MR) is 98.0 cm³/mol. The van der Waals surface area contributed by atoms with E-state index in [1.54, 1.807) is 0 Å². The molecule has 2 heteroatoms. The first kappa shape index (κ1) is 16.4. The summed E-state index contributed by atoms with van der Waals surface area (Å²) in [6.45, 7) is 3.30. The highest BCUT2D eigenvalue weighted by Crippen LogP contribution is 2.25. The summed E-state index contributed by atoms with van der Waals surface area (Å²) >= 11 is 0. The second-order valence-electron chi connectivity index (χ2n) is 5.73. The Hall–Kier alpha value is -1.96. The fraction of sp³-hybridized carbons (Fsp3) is 0.400. The molecule has 0 heterocycles. The van der Waals surface area contributed by atoms with Crippen LogP contribution in [0.15, 0.2) is 54.6 Å². The predicted octanol–water partition coefficient (Wildman–Crippen LogP) is 6.20. The Balaban J connectivity index is 1.79. The third kappa shape index (κ3) is 5.80. The molecule has 22 heavy (non-hydrogen) atoms. The van der Waals surface area contributed by atoms with E-state index in [1.807, 2.05) is 6.07 Å². The Bertz CT molecular complexity index is 522. The van der Waals surface area contributed by atoms with Gasteiger partial charge in [-0.2, -0.15) is 0 Å². The third-order valence-corrected chi connectivity index (χ3v) is 3.83. The Morgan fingerprint density at radius 2 is 1.32 bits per heavy atom. The summed E-state index contributed by atoms with van der Waals surface area (Å²) in [5.41, 5.74) is 3.44. The van der Waals surface area contributed by atoms with E-state index in [0.29, 0.717) is 0 Å². The van der Waals surface area contributed by atoms with E-state index in [-0.39, 0.29) is 0 Å². The quantitative estimate of drug-likeness (QED) is 0.510. The molecule has 0 atom stereocenters. The standard InChI is InChI=1S/C20H28N2/c1-2-3-4-5-6-12-17-21-19-15-10-11-16-20(19)22-18-13-8-7-9-14-18/h7-11,13-16,21-22H,2-6,12,17H2,1H3. The number of benzene rings is 2. The van der Waals surface area contributed by atoms with E-state index >= 15 is 0 Å². The van der Waals surface area contributed by atoms with Crippen LogP contribution in [0, 0.1) is 0 Å². The largest absolute Gasteiger partial charge is 0.383 e. The summed E-state index contributed by atoms with van der Waals surface area (Å²) in [7, 11) is 0. The molecular formula is C20H28N2. The number of hydrogen-bond donors (Lipinski definition) is 2. The van der Waals surface area contributed by atoms with E-state index < -0.39 is 0 Å². The molecular weight excluding hydrogens is 268 g/mol. The Kier molecular flexibility index (Phi) is 7.37. The molecule has 0 saturated carbocycles. The van der Waals surface area contributed by atoms with Gasteiger partial charge in [0.1, 0.15) is 0 Å². The maximum Gasteiger partial charge on any atom is 0.0620 e. The van der Waals surface area contributed by atoms with Crippen LogP contribution >= 0.6 is 0 Å². The lowest BCUT2D eigenvalue weighted by Crippen LogP contribution is -2.04. The van der Waals surface area contributed by atoms with Crippen LogP contribution in [0.5, 0.6) is 0 Å². The minimum atomic E-state index is 1.04. The van der Waals surface area contributed by atoms with Crippen LogP contribution in [-0.2, 0) is 0 Å². The lowest BCUT2D eigenvalue weighted by atomic mass is 10.1. The molecule has 0 radical (unpaired) electrons. The molecule has 0 saturated heterocycles. The van der Waals surface area contributed by atoms with Crippen LogP contribution in [0.1, 0.15) is 45.4 Å². The van der Waals surface area contributed by atoms with Crippen LogP contribution in [0.4, 0.5) is 17.1 Å². The zero-order valence-electron chi connectivity index (χ0n) is 13.6. The second kappa shape index (κ2) is 9.88. The topological polar surface area (TPSA) is 24.1 Å². The van der Waals surface area contributed by atoms with Crippen LogP contribution in [0.2, 0.25) is 0 Å². The zero-order chi connectivity index (χ0) is 15.5. The van der Waals surface area contributed by atoms with Crippen molar-refractivity contribution in [3.63, 3.8) is 0 Å². The van der Waals surface area contributed by atoms with Gasteiger partial charge < -0.3 is 10.6 Å². The molecule has 0 aliphatic heterocycles. The molecule has 0 aromatic heterocycles. The number of unbranched alkanes of at least 4 members (excludes halogenated alkanes) is 5. The van der Waals surface area contributed by atoms with Crippen molar-refractivity contribution in [2.24, 2.45) is 0 Å². The van der Waals surface area contributed by atoms with Crippen molar-refractivity contribution >= 4 is 17.1 Å². The van der Waals surface area contributed by atoms with E-state index in [2.05, 4.69) is 66.1 Å². The van der Waals surface area contributed by atoms with Gasteiger partial charge in [0.25, 0.3) is 0 Å². The highest BCUT2D eigenvalue weighted by atomic mass is 15.0. The van der Waals surface area contributed by atoms with E-state index in [9.17, 15) is 0 Å². The molecule has 0 spiro atoms. The Morgan fingerprint density at radius 1 is 0.682 bits per heavy atom. The molecule has 0 aliphatic rings. The fourth-order valence-electron chi connectivity index (χ4n) is 2.55. The molecule has 2 nitrogen and oxygen atoms in total. The summed E-state index contributed by atoms with van der Waals surface area (Å²) in [6, 6.07) is 18.7. The van der Waals surface area contributed by atoms with E-state index in [4.69, 9.17) is 0 Å². The van der Waals surface area contributed by atoms with Crippen molar-refractivity contribution in [1.29, 1.82) is 0 Å². The zero-order valence-corrected chi connectivity index (χ0v) is 13.6. The SMILES string of the molecule is CCCCCCCCNc1ccccc1Nc1ccccc1. The molecule has 2 N–H and O–H groups in total. The van der Waals surface area contributed by atoms with Crippen molar-refractivity contribution in [2.45, 2.75) is 45.4 Å². The summed E-state index contributed by atoms with van der Waals surface area (Å²) in [6.07, 6.45) is 7.99. The smallest absolute Gasteiger partial charge is 0.0620 e. The van der Waals surface area contributed by atoms with Crippen molar-refractivity contribution in [3.05, 3.63) is 54.6 Å². The van der Waals surface area contributed by atoms with Gasteiger partial charge in [0.15, 0.2) is 0 Å². The van der Waals surface area contributed by atoms with Gasteiger partial charge in [-0.15, -0.1) is 0 Å². The van der Waals surface area contributed by atoms with E-state index in [1.165, 1.54) is 44.2 Å². The van der Waals surface area contributed by atoms with Gasteiger partial charge in [-0.1, -0.05) is 69.4 Å². The molecule has 0 bridgehead atoms. The third-order valence-electron chi connectivity index (χ3n) is 3.83. The maximum absolute atomic E-state index is 3.56. The number of anilines is 3. The van der Waals surface area contributed by atoms with Gasteiger partial charge in [-0.05, 0) is 30.7 Å². The number of nitrogens with one attached hydrogen (secondary N) is 2. The van der Waals surface area contributed by atoms with E-state index in [0.717, 1.165) is 17.9 Å². The summed E-state index contributed by atoms with van der Waals surface area (Å²) in [5, 5.41) is 7.04. The van der Waals surface area contributed by atoms with Gasteiger partial charge in [-0.3, -0.25) is 0 Å². The molecule has 0 fully saturated rings. The van der Waals surface area contributed by atoms with Crippen LogP contribution < -0.4 is 10.6 Å². The fourth-order valence-corrected chi connectivity index (χ4v) is 2.55. The van der Waals surface area contributed by atoms with Crippen LogP contribution in [-0.4, -0.2) is 6.54 Å². The Labute approximate surface area is 135 Å². The summed E-state index contributed by atoms with van der Waals surface area (Å²) in [5.74, 6) is 0. The first-order valence-corrected chi connectivity index (χ1v) is 8.55.